The average molecular weight is 515 g/mol. The highest BCUT2D eigenvalue weighted by molar-refractivity contribution is 7.80. The van der Waals surface area contributed by atoms with Crippen molar-refractivity contribution in [1.29, 1.82) is 0 Å². The molecule has 0 saturated heterocycles. The van der Waals surface area contributed by atoms with E-state index in [1.807, 2.05) is 13.8 Å². The van der Waals surface area contributed by atoms with Crippen molar-refractivity contribution in [1.82, 2.24) is 0 Å². The first-order chi connectivity index (χ1) is 15.3. The third-order valence-corrected chi connectivity index (χ3v) is 6.87. The fourth-order valence-corrected chi connectivity index (χ4v) is 4.78. The van der Waals surface area contributed by atoms with Crippen LogP contribution in [0.25, 0.3) is 0 Å². The van der Waals surface area contributed by atoms with E-state index in [0.717, 1.165) is 83.5 Å². The van der Waals surface area contributed by atoms with Crippen LogP contribution in [0, 0.1) is 10.8 Å². The molecule has 0 heterocycles. The number of rotatable bonds is 22. The molecule has 0 aliphatic heterocycles. The molecule has 10 heteroatoms. The summed E-state index contributed by atoms with van der Waals surface area (Å²) in [6.07, 6.45) is 13.2. The quantitative estimate of drug-likeness (QED) is 0.102. The molecule has 0 aliphatic carbocycles. The standard InChI is InChI=1S/C23H46O8S2/c1-22(2,17-13-9-5-7-11-15-19-30-32(25)26)21(24)23(3,4)18-14-10-6-8-12-16-20-31-33(27,28)29/h5-20H2,1-4H3,(H,25,26)(H,27,28,29). The van der Waals surface area contributed by atoms with Gasteiger partial charge in [-0.1, -0.05) is 91.9 Å². The van der Waals surface area contributed by atoms with Crippen molar-refractivity contribution >= 4 is 27.5 Å². The van der Waals surface area contributed by atoms with Crippen molar-refractivity contribution in [2.75, 3.05) is 13.2 Å². The lowest BCUT2D eigenvalue weighted by Gasteiger charge is -2.33. The van der Waals surface area contributed by atoms with Crippen LogP contribution < -0.4 is 0 Å². The number of unbranched alkanes of at least 4 members (excludes halogenated alkanes) is 10. The minimum Gasteiger partial charge on any atom is -0.299 e. The topological polar surface area (TPSA) is 127 Å². The predicted octanol–water partition coefficient (Wildman–Crippen LogP) is 6.04. The third-order valence-electron chi connectivity index (χ3n) is 6.04. The Morgan fingerprint density at radius 1 is 0.727 bits per heavy atom. The lowest BCUT2D eigenvalue weighted by molar-refractivity contribution is -0.136. The molecule has 0 fully saturated rings. The van der Waals surface area contributed by atoms with Crippen LogP contribution in [0.2, 0.25) is 0 Å². The predicted molar refractivity (Wildman–Crippen MR) is 131 cm³/mol. The van der Waals surface area contributed by atoms with Gasteiger partial charge in [0.05, 0.1) is 13.2 Å². The molecule has 0 spiro atoms. The van der Waals surface area contributed by atoms with E-state index in [1.54, 1.807) is 0 Å². The Kier molecular flexibility index (Phi) is 16.9. The Morgan fingerprint density at radius 2 is 1.09 bits per heavy atom. The fraction of sp³-hybridized carbons (Fsp3) is 0.957. The van der Waals surface area contributed by atoms with Gasteiger partial charge in [-0.2, -0.15) is 12.6 Å². The van der Waals surface area contributed by atoms with Gasteiger partial charge in [0.2, 0.25) is 0 Å². The number of carbonyl (C=O) groups excluding carboxylic acids is 1. The summed E-state index contributed by atoms with van der Waals surface area (Å²) < 4.78 is 57.2. The summed E-state index contributed by atoms with van der Waals surface area (Å²) in [5, 5.41) is 0. The summed E-state index contributed by atoms with van der Waals surface area (Å²) >= 11 is -2.17. The van der Waals surface area contributed by atoms with Crippen molar-refractivity contribution in [2.24, 2.45) is 10.8 Å². The van der Waals surface area contributed by atoms with Crippen LogP contribution in [0.4, 0.5) is 0 Å². The number of ketones is 1. The van der Waals surface area contributed by atoms with Gasteiger partial charge >= 0.3 is 21.8 Å². The zero-order chi connectivity index (χ0) is 25.4. The second kappa shape index (κ2) is 17.1. The fourth-order valence-electron chi connectivity index (χ4n) is 4.19. The van der Waals surface area contributed by atoms with Crippen molar-refractivity contribution in [3.8, 4) is 0 Å². The molecule has 33 heavy (non-hydrogen) atoms. The van der Waals surface area contributed by atoms with Crippen molar-refractivity contribution in [3.05, 3.63) is 0 Å². The number of hydrogen-bond donors (Lipinski definition) is 2. The maximum Gasteiger partial charge on any atom is 0.397 e. The van der Waals surface area contributed by atoms with Gasteiger partial charge in [0.1, 0.15) is 5.78 Å². The molecule has 1 unspecified atom stereocenters. The molecule has 198 valence electrons. The molecule has 0 aromatic heterocycles. The second-order valence-corrected chi connectivity index (χ2v) is 11.9. The number of carbonyl (C=O) groups is 1. The first kappa shape index (κ1) is 32.6. The maximum absolute atomic E-state index is 13.2. The van der Waals surface area contributed by atoms with E-state index in [2.05, 4.69) is 22.2 Å². The molecule has 1 atom stereocenters. The van der Waals surface area contributed by atoms with Crippen LogP contribution in [0.1, 0.15) is 118 Å². The van der Waals surface area contributed by atoms with Gasteiger partial charge in [-0.25, -0.2) is 4.18 Å². The molecule has 0 saturated carbocycles. The minimum absolute atomic E-state index is 0.0121. The first-order valence-corrected chi connectivity index (χ1v) is 14.6. The molecule has 0 aliphatic rings. The van der Waals surface area contributed by atoms with Crippen molar-refractivity contribution in [2.45, 2.75) is 118 Å². The Morgan fingerprint density at radius 3 is 1.48 bits per heavy atom. The van der Waals surface area contributed by atoms with E-state index >= 15 is 0 Å². The van der Waals surface area contributed by atoms with E-state index in [4.69, 9.17) is 9.11 Å². The Bertz CT molecular complexity index is 659. The molecule has 0 bridgehead atoms. The normalized spacial score (nSPS) is 13.9. The van der Waals surface area contributed by atoms with Gasteiger partial charge in [-0.3, -0.25) is 18.1 Å². The zero-order valence-corrected chi connectivity index (χ0v) is 22.6. The smallest absolute Gasteiger partial charge is 0.299 e. The summed E-state index contributed by atoms with van der Waals surface area (Å²) in [6.45, 7) is 8.52. The second-order valence-electron chi connectivity index (χ2n) is 10.1. The molecular weight excluding hydrogens is 468 g/mol. The van der Waals surface area contributed by atoms with Crippen LogP contribution in [0.5, 0.6) is 0 Å². The lowest BCUT2D eigenvalue weighted by Crippen LogP contribution is -2.37. The molecule has 0 rings (SSSR count). The third kappa shape index (κ3) is 18.6. The summed E-state index contributed by atoms with van der Waals surface area (Å²) in [5.74, 6) is 0.325. The van der Waals surface area contributed by atoms with Crippen molar-refractivity contribution < 1.29 is 34.9 Å². The van der Waals surface area contributed by atoms with Crippen molar-refractivity contribution in [3.63, 3.8) is 0 Å². The van der Waals surface area contributed by atoms with Crippen LogP contribution >= 0.6 is 0 Å². The highest BCUT2D eigenvalue weighted by Gasteiger charge is 2.37. The van der Waals surface area contributed by atoms with Gasteiger partial charge in [-0.15, -0.1) is 0 Å². The van der Waals surface area contributed by atoms with Gasteiger partial charge in [-0.05, 0) is 25.7 Å². The van der Waals surface area contributed by atoms with Crippen LogP contribution in [0.3, 0.4) is 0 Å². The van der Waals surface area contributed by atoms with Gasteiger partial charge in [0.25, 0.3) is 0 Å². The monoisotopic (exact) mass is 514 g/mol. The first-order valence-electron chi connectivity index (χ1n) is 12.2. The van der Waals surface area contributed by atoms with Crippen LogP contribution in [-0.4, -0.2) is 40.7 Å². The molecular formula is C23H46O8S2. The molecule has 0 aromatic carbocycles. The lowest BCUT2D eigenvalue weighted by atomic mass is 9.69. The van der Waals surface area contributed by atoms with Gasteiger partial charge in [0, 0.05) is 10.8 Å². The van der Waals surface area contributed by atoms with E-state index in [-0.39, 0.29) is 17.4 Å². The van der Waals surface area contributed by atoms with E-state index in [1.165, 1.54) is 0 Å². The molecule has 0 aromatic rings. The molecule has 0 radical (unpaired) electrons. The largest absolute Gasteiger partial charge is 0.397 e. The van der Waals surface area contributed by atoms with Crippen LogP contribution in [-0.2, 0) is 34.9 Å². The number of hydrogen-bond acceptors (Lipinski definition) is 6. The zero-order valence-electron chi connectivity index (χ0n) is 21.0. The van der Waals surface area contributed by atoms with Gasteiger partial charge < -0.3 is 0 Å². The molecule has 2 N–H and O–H groups in total. The highest BCUT2D eigenvalue weighted by atomic mass is 32.3. The van der Waals surface area contributed by atoms with Gasteiger partial charge in [0.15, 0.2) is 0 Å². The minimum atomic E-state index is -4.33. The SMILES string of the molecule is CC(C)(CCCCCCCCOS(=O)O)C(=O)C(C)(C)CCCCCCCCOS(=O)(=O)O. The Hall–Kier alpha value is -0.390. The number of Topliss-reactive ketones (excluding diaryl/α,β-unsaturated/α-hetero) is 1. The van der Waals surface area contributed by atoms with E-state index < -0.39 is 21.8 Å². The average Bonchev–Trinajstić information content (AvgIpc) is 2.69. The Balaban J connectivity index is 3.95. The van der Waals surface area contributed by atoms with E-state index in [9.17, 15) is 17.4 Å². The highest BCUT2D eigenvalue weighted by Crippen LogP contribution is 2.37. The summed E-state index contributed by atoms with van der Waals surface area (Å²) in [4.78, 5) is 13.2. The molecule has 8 nitrogen and oxygen atoms in total. The maximum atomic E-state index is 13.2. The van der Waals surface area contributed by atoms with E-state index in [0.29, 0.717) is 18.8 Å². The Labute approximate surface area is 204 Å². The van der Waals surface area contributed by atoms with Crippen LogP contribution in [0.15, 0.2) is 0 Å². The summed E-state index contributed by atoms with van der Waals surface area (Å²) in [6, 6.07) is 0. The summed E-state index contributed by atoms with van der Waals surface area (Å²) in [7, 11) is -4.33. The molecule has 0 amide bonds. The summed E-state index contributed by atoms with van der Waals surface area (Å²) in [5.41, 5.74) is -0.685.